The van der Waals surface area contributed by atoms with Gasteiger partial charge in [-0.1, -0.05) is 75.4 Å². The first-order valence-electron chi connectivity index (χ1n) is 12.3. The number of nitrogens with zero attached hydrogens (tertiary/aromatic N) is 1. The number of hydrogen-bond donors (Lipinski definition) is 0. The molecule has 2 aromatic rings. The summed E-state index contributed by atoms with van der Waals surface area (Å²) in [7, 11) is -1.90. The Morgan fingerprint density at radius 2 is 1.78 bits per heavy atom. The van der Waals surface area contributed by atoms with Crippen LogP contribution in [0, 0.1) is 0 Å². The van der Waals surface area contributed by atoms with Gasteiger partial charge in [0, 0.05) is 10.1 Å². The minimum absolute atomic E-state index is 0.0758. The van der Waals surface area contributed by atoms with Gasteiger partial charge in [0.25, 0.3) is 5.91 Å². The van der Waals surface area contributed by atoms with Crippen LogP contribution >= 0.6 is 11.8 Å². The summed E-state index contributed by atoms with van der Waals surface area (Å²) in [6.07, 6.45) is 7.84. The quantitative estimate of drug-likeness (QED) is 0.142. The summed E-state index contributed by atoms with van der Waals surface area (Å²) in [5.41, 5.74) is 1.06. The molecule has 0 aliphatic carbocycles. The molecule has 2 amide bonds. The molecule has 0 bridgehead atoms. The van der Waals surface area contributed by atoms with Crippen LogP contribution < -0.4 is 0 Å². The second kappa shape index (κ2) is 12.5. The number of carbonyl (C=O) groups is 2. The van der Waals surface area contributed by atoms with Gasteiger partial charge < -0.3 is 9.16 Å². The molecule has 7 heteroatoms. The zero-order valence-corrected chi connectivity index (χ0v) is 23.7. The number of benzene rings is 2. The number of carbonyl (C=O) groups excluding carboxylic acids is 2. The predicted molar refractivity (Wildman–Crippen MR) is 149 cm³/mol. The lowest BCUT2D eigenvalue weighted by atomic mass is 10.1. The number of rotatable bonds is 10. The van der Waals surface area contributed by atoms with Crippen molar-refractivity contribution in [3.8, 4) is 0 Å². The molecule has 1 aliphatic rings. The van der Waals surface area contributed by atoms with Crippen molar-refractivity contribution >= 4 is 32.1 Å². The maximum Gasteiger partial charge on any atom is 0.417 e. The molecule has 2 atom stereocenters. The number of imide groups is 1. The van der Waals surface area contributed by atoms with Crippen LogP contribution in [-0.4, -0.2) is 43.1 Å². The van der Waals surface area contributed by atoms with E-state index in [1.165, 1.54) is 11.0 Å². The van der Waals surface area contributed by atoms with Crippen LogP contribution in [0.15, 0.2) is 90.0 Å². The second-order valence-corrected chi connectivity index (χ2v) is 16.5. The van der Waals surface area contributed by atoms with Crippen molar-refractivity contribution in [3.05, 3.63) is 90.7 Å². The summed E-state index contributed by atoms with van der Waals surface area (Å²) in [4.78, 5) is 27.6. The van der Waals surface area contributed by atoms with E-state index in [0.29, 0.717) is 12.8 Å². The van der Waals surface area contributed by atoms with Crippen LogP contribution in [0.25, 0.3) is 0 Å². The van der Waals surface area contributed by atoms with Gasteiger partial charge >= 0.3 is 6.09 Å². The van der Waals surface area contributed by atoms with E-state index in [-0.39, 0.29) is 28.8 Å². The lowest BCUT2D eigenvalue weighted by Crippen LogP contribution is -2.39. The molecule has 0 radical (unpaired) electrons. The van der Waals surface area contributed by atoms with E-state index in [9.17, 15) is 9.59 Å². The van der Waals surface area contributed by atoms with Gasteiger partial charge in [-0.05, 0) is 60.8 Å². The van der Waals surface area contributed by atoms with Gasteiger partial charge in [-0.3, -0.25) is 4.79 Å². The molecule has 1 fully saturated rings. The molecule has 36 heavy (non-hydrogen) atoms. The summed E-state index contributed by atoms with van der Waals surface area (Å²) >= 11 is 1.71. The Balaban J connectivity index is 1.66. The Kier molecular flexibility index (Phi) is 9.62. The third kappa shape index (κ3) is 7.87. The van der Waals surface area contributed by atoms with Crippen molar-refractivity contribution in [1.29, 1.82) is 0 Å². The van der Waals surface area contributed by atoms with Crippen molar-refractivity contribution in [3.63, 3.8) is 0 Å². The van der Waals surface area contributed by atoms with Crippen LogP contribution in [-0.2, 0) is 20.4 Å². The van der Waals surface area contributed by atoms with Crippen LogP contribution in [0.1, 0.15) is 32.8 Å². The molecule has 0 N–H and O–H groups in total. The van der Waals surface area contributed by atoms with Gasteiger partial charge in [-0.2, -0.15) is 0 Å². The number of hydrogen-bond acceptors (Lipinski definition) is 5. The molecule has 1 heterocycles. The number of allylic oxidation sites excluding steroid dienone is 1. The molecule has 0 unspecified atom stereocenters. The van der Waals surface area contributed by atoms with Gasteiger partial charge in [0.2, 0.25) is 8.32 Å². The van der Waals surface area contributed by atoms with Crippen molar-refractivity contribution in [2.24, 2.45) is 0 Å². The third-order valence-electron chi connectivity index (χ3n) is 6.63. The molecule has 5 nitrogen and oxygen atoms in total. The van der Waals surface area contributed by atoms with E-state index in [1.807, 2.05) is 60.9 Å². The maximum atomic E-state index is 12.9. The molecule has 0 aromatic heterocycles. The molecular formula is C29H37NO4SSi. The smallest absolute Gasteiger partial charge is 0.417 e. The zero-order chi connectivity index (χ0) is 26.2. The fourth-order valence-corrected chi connectivity index (χ4v) is 5.25. The topological polar surface area (TPSA) is 55.8 Å². The number of cyclic esters (lactones) is 1. The Morgan fingerprint density at radius 1 is 1.14 bits per heavy atom. The molecule has 2 aromatic carbocycles. The number of amides is 2. The van der Waals surface area contributed by atoms with Gasteiger partial charge in [0.15, 0.2) is 0 Å². The third-order valence-corrected chi connectivity index (χ3v) is 12.2. The Labute approximate surface area is 220 Å². The first-order valence-corrected chi connectivity index (χ1v) is 16.1. The normalized spacial score (nSPS) is 17.5. The van der Waals surface area contributed by atoms with E-state index in [2.05, 4.69) is 52.1 Å². The van der Waals surface area contributed by atoms with Crippen LogP contribution in [0.3, 0.4) is 0 Å². The van der Waals surface area contributed by atoms with Crippen molar-refractivity contribution in [2.45, 2.75) is 67.9 Å². The fourth-order valence-electron chi connectivity index (χ4n) is 3.46. The highest BCUT2D eigenvalue weighted by atomic mass is 32.2. The summed E-state index contributed by atoms with van der Waals surface area (Å²) in [6, 6.07) is 19.7. The van der Waals surface area contributed by atoms with Crippen molar-refractivity contribution in [1.82, 2.24) is 4.90 Å². The lowest BCUT2D eigenvalue weighted by molar-refractivity contribution is -0.124. The van der Waals surface area contributed by atoms with Gasteiger partial charge in [0.05, 0.1) is 12.3 Å². The van der Waals surface area contributed by atoms with E-state index >= 15 is 0 Å². The highest BCUT2D eigenvalue weighted by Crippen LogP contribution is 2.37. The Hall–Kier alpha value is -2.77. The fraction of sp³-hybridized carbons (Fsp3) is 0.379. The SMILES string of the molecule is CC(C)(C)[Si](C)(C)O/C=C/[C@@H](C/C=C\C(=O)N1C(=O)OC[C@@H]1Cc1ccccc1)Sc1ccccc1. The van der Waals surface area contributed by atoms with Crippen LogP contribution in [0.4, 0.5) is 4.79 Å². The van der Waals surface area contributed by atoms with Crippen LogP contribution in [0.5, 0.6) is 0 Å². The predicted octanol–water partition coefficient (Wildman–Crippen LogP) is 7.22. The summed E-state index contributed by atoms with van der Waals surface area (Å²) in [5, 5.41) is 0.193. The second-order valence-electron chi connectivity index (χ2n) is 10.4. The maximum absolute atomic E-state index is 12.9. The van der Waals surface area contributed by atoms with E-state index in [4.69, 9.17) is 9.16 Å². The van der Waals surface area contributed by atoms with Gasteiger partial charge in [0.1, 0.15) is 6.61 Å². The minimum atomic E-state index is -1.90. The molecular weight excluding hydrogens is 486 g/mol. The zero-order valence-electron chi connectivity index (χ0n) is 21.8. The van der Waals surface area contributed by atoms with E-state index < -0.39 is 14.4 Å². The average Bonchev–Trinajstić information content (AvgIpc) is 3.19. The summed E-state index contributed by atoms with van der Waals surface area (Å²) in [5.74, 6) is -0.344. The number of ether oxygens (including phenoxy) is 1. The molecule has 0 saturated carbocycles. The standard InChI is InChI=1S/C29H37NO4SSi/c1-29(2,3)36(4,5)34-20-19-26(35-25-15-10-7-11-16-25)17-12-18-27(31)30-24(22-33-28(30)32)21-23-13-8-6-9-14-23/h6-16,18-20,24,26H,17,21-22H2,1-5H3/b18-12-,20-19+/t24-,26+/m0/s1. The highest BCUT2D eigenvalue weighted by molar-refractivity contribution is 8.00. The highest BCUT2D eigenvalue weighted by Gasteiger charge is 2.38. The molecule has 3 rings (SSSR count). The Morgan fingerprint density at radius 3 is 2.42 bits per heavy atom. The lowest BCUT2D eigenvalue weighted by Gasteiger charge is -2.35. The summed E-state index contributed by atoms with van der Waals surface area (Å²) in [6.45, 7) is 11.3. The van der Waals surface area contributed by atoms with Crippen molar-refractivity contribution < 1.29 is 18.8 Å². The largest absolute Gasteiger partial charge is 0.549 e. The van der Waals surface area contributed by atoms with Gasteiger partial charge in [-0.25, -0.2) is 9.69 Å². The minimum Gasteiger partial charge on any atom is -0.549 e. The van der Waals surface area contributed by atoms with E-state index in [1.54, 1.807) is 11.8 Å². The van der Waals surface area contributed by atoms with Crippen molar-refractivity contribution in [2.75, 3.05) is 6.61 Å². The average molecular weight is 524 g/mol. The van der Waals surface area contributed by atoms with E-state index in [0.717, 1.165) is 10.5 Å². The summed E-state index contributed by atoms with van der Waals surface area (Å²) < 4.78 is 11.4. The van der Waals surface area contributed by atoms with Crippen LogP contribution in [0.2, 0.25) is 18.1 Å². The number of thioether (sulfide) groups is 1. The molecule has 1 saturated heterocycles. The molecule has 1 aliphatic heterocycles. The Bertz CT molecular complexity index is 1060. The first-order chi connectivity index (χ1) is 17.1. The monoisotopic (exact) mass is 523 g/mol. The molecule has 192 valence electrons. The van der Waals surface area contributed by atoms with Gasteiger partial charge in [-0.15, -0.1) is 11.8 Å². The first kappa shape index (κ1) is 27.8. The molecule has 0 spiro atoms.